The summed E-state index contributed by atoms with van der Waals surface area (Å²) in [6.07, 6.45) is 0. The zero-order valence-electron chi connectivity index (χ0n) is 4.92. The molecule has 1 rings (SSSR count). The predicted molar refractivity (Wildman–Crippen MR) is 30.6 cm³/mol. The summed E-state index contributed by atoms with van der Waals surface area (Å²) < 4.78 is 0. The number of nitrogens with zero attached hydrogens (tertiary/aromatic N) is 3. The molecular weight excluding hydrogens is 101 g/mol. The average Bonchev–Trinajstić information content (AvgIpc) is 1.77. The van der Waals surface area contributed by atoms with E-state index in [0.717, 1.165) is 11.4 Å². The van der Waals surface area contributed by atoms with Crippen LogP contribution in [0.3, 0.4) is 0 Å². The van der Waals surface area contributed by atoms with Crippen LogP contribution < -0.4 is 0 Å². The van der Waals surface area contributed by atoms with E-state index in [1.165, 1.54) is 7.19 Å². The fourth-order valence-corrected chi connectivity index (χ4v) is 0.391. The van der Waals surface area contributed by atoms with Crippen LogP contribution in [0.5, 0.6) is 0 Å². The summed E-state index contributed by atoms with van der Waals surface area (Å²) in [4.78, 5) is 3.91. The fraction of sp³-hybridized carbons (Fsp3) is 0.500. The van der Waals surface area contributed by atoms with Crippen molar-refractivity contribution >= 4 is 7.19 Å². The van der Waals surface area contributed by atoms with E-state index in [1.54, 1.807) is 0 Å². The molecule has 0 aromatic carbocycles. The summed E-state index contributed by atoms with van der Waals surface area (Å²) >= 11 is 0. The van der Waals surface area contributed by atoms with Crippen LogP contribution in [0.2, 0.25) is 0 Å². The van der Waals surface area contributed by atoms with Gasteiger partial charge >= 0.3 is 47.4 Å². The molecule has 8 heavy (non-hydrogen) atoms. The molecule has 0 saturated heterocycles. The Bertz CT molecular complexity index is 167. The van der Waals surface area contributed by atoms with Gasteiger partial charge < -0.3 is 0 Å². The van der Waals surface area contributed by atoms with E-state index in [2.05, 4.69) is 15.0 Å². The second-order valence-electron chi connectivity index (χ2n) is 1.63. The monoisotopic (exact) mass is 107 g/mol. The maximum atomic E-state index is 3.91. The van der Waals surface area contributed by atoms with Crippen LogP contribution >= 0.6 is 0 Å². The summed E-state index contributed by atoms with van der Waals surface area (Å²) in [5.74, 6) is 0. The molecule has 0 aliphatic carbocycles. The first kappa shape index (κ1) is 5.34. The van der Waals surface area contributed by atoms with Crippen molar-refractivity contribution in [3.05, 3.63) is 11.4 Å². The second-order valence-corrected chi connectivity index (χ2v) is 1.63. The first-order valence-corrected chi connectivity index (χ1v) is 2.41. The van der Waals surface area contributed by atoms with Crippen molar-refractivity contribution in [2.45, 2.75) is 13.8 Å². The van der Waals surface area contributed by atoms with Crippen LogP contribution in [0.1, 0.15) is 11.4 Å². The zero-order chi connectivity index (χ0) is 5.98. The molecule has 4 heteroatoms. The molecule has 0 aliphatic rings. The summed E-state index contributed by atoms with van der Waals surface area (Å²) in [7, 11) is 1.45. The van der Waals surface area contributed by atoms with Gasteiger partial charge in [-0.1, -0.05) is 0 Å². The molecule has 1 heterocycles. The molecule has 0 unspecified atom stereocenters. The quantitative estimate of drug-likeness (QED) is 0.461. The Balaban J connectivity index is 3.13. The molecule has 1 aromatic heterocycles. The first-order valence-electron chi connectivity index (χ1n) is 2.41. The van der Waals surface area contributed by atoms with Gasteiger partial charge in [0.2, 0.25) is 0 Å². The Kier molecular flexibility index (Phi) is 1.33. The van der Waals surface area contributed by atoms with Gasteiger partial charge in [-0.2, -0.15) is 0 Å². The first-order chi connectivity index (χ1) is 3.80. The van der Waals surface area contributed by atoms with Crippen LogP contribution in [0.4, 0.5) is 0 Å². The summed E-state index contributed by atoms with van der Waals surface area (Å²) in [5.41, 5.74) is 1.84. The summed E-state index contributed by atoms with van der Waals surface area (Å²) in [6, 6.07) is 0. The van der Waals surface area contributed by atoms with E-state index in [1.807, 2.05) is 13.8 Å². The van der Waals surface area contributed by atoms with E-state index in [0.29, 0.717) is 0 Å². The van der Waals surface area contributed by atoms with Gasteiger partial charge in [0.25, 0.3) is 0 Å². The van der Waals surface area contributed by atoms with Crippen LogP contribution in [0, 0.1) is 13.8 Å². The topological polar surface area (TPSA) is 38.7 Å². The molecule has 0 N–H and O–H groups in total. The van der Waals surface area contributed by atoms with Gasteiger partial charge in [0.1, 0.15) is 0 Å². The van der Waals surface area contributed by atoms with E-state index in [4.69, 9.17) is 0 Å². The molecule has 1 aromatic rings. The molecule has 0 amide bonds. The van der Waals surface area contributed by atoms with Crippen LogP contribution in [0.25, 0.3) is 0 Å². The average molecular weight is 107 g/mol. The van der Waals surface area contributed by atoms with Gasteiger partial charge in [-0.25, -0.2) is 0 Å². The molecule has 0 spiro atoms. The third kappa shape index (κ3) is 0.884. The van der Waals surface area contributed by atoms with Crippen molar-refractivity contribution < 1.29 is 0 Å². The van der Waals surface area contributed by atoms with E-state index < -0.39 is 0 Å². The Morgan fingerprint density at radius 1 is 1.25 bits per heavy atom. The molecule has 40 valence electrons. The third-order valence-corrected chi connectivity index (χ3v) is 1.03. The van der Waals surface area contributed by atoms with Crippen LogP contribution in [-0.2, 0) is 0 Å². The van der Waals surface area contributed by atoms with Crippen molar-refractivity contribution in [3.63, 3.8) is 0 Å². The van der Waals surface area contributed by atoms with Crippen LogP contribution in [0.15, 0.2) is 0 Å². The van der Waals surface area contributed by atoms with Crippen molar-refractivity contribution in [2.75, 3.05) is 0 Å². The zero-order valence-corrected chi connectivity index (χ0v) is 4.92. The van der Waals surface area contributed by atoms with E-state index in [-0.39, 0.29) is 0 Å². The number of aromatic nitrogens is 3. The molecule has 0 fully saturated rings. The Morgan fingerprint density at radius 3 is 2.38 bits per heavy atom. The molecule has 0 aliphatic heterocycles. The Hall–Kier alpha value is -0.795. The van der Waals surface area contributed by atoms with Gasteiger partial charge in [-0.05, 0) is 0 Å². The predicted octanol–water partition coefficient (Wildman–Crippen LogP) is -0.173. The van der Waals surface area contributed by atoms with E-state index in [9.17, 15) is 0 Å². The molecule has 0 radical (unpaired) electrons. The summed E-state index contributed by atoms with van der Waals surface area (Å²) in [5, 5.41) is 7.35. The van der Waals surface area contributed by atoms with Gasteiger partial charge in [0, 0.05) is 0 Å². The van der Waals surface area contributed by atoms with Gasteiger partial charge in [-0.15, -0.1) is 0 Å². The second kappa shape index (κ2) is 1.98. The molecule has 0 saturated carbocycles. The van der Waals surface area contributed by atoms with Gasteiger partial charge in [0.15, 0.2) is 0 Å². The fourth-order valence-electron chi connectivity index (χ4n) is 0.391. The van der Waals surface area contributed by atoms with Crippen molar-refractivity contribution in [3.8, 4) is 0 Å². The minimum atomic E-state index is 0.896. The normalized spacial score (nSPS) is 8.75. The number of aryl methyl sites for hydroxylation is 2. The van der Waals surface area contributed by atoms with Crippen LogP contribution in [-0.4, -0.2) is 22.2 Å². The standard InChI is InChI=1S/C4H6BN3/c1-3-4(2)7-8-5-6-3/h1-2H3. The van der Waals surface area contributed by atoms with Gasteiger partial charge in [-0.3, -0.25) is 0 Å². The van der Waals surface area contributed by atoms with Crippen molar-refractivity contribution in [1.82, 2.24) is 15.0 Å². The molecular formula is C4H6BN3. The number of rotatable bonds is 0. The molecule has 3 nitrogen and oxygen atoms in total. The maximum absolute atomic E-state index is 3.91. The SMILES string of the molecule is Cc1nbnnc1C. The van der Waals surface area contributed by atoms with E-state index >= 15 is 0 Å². The number of hydrogen-bond donors (Lipinski definition) is 0. The Morgan fingerprint density at radius 2 is 2.00 bits per heavy atom. The molecule has 0 atom stereocenters. The van der Waals surface area contributed by atoms with Gasteiger partial charge in [0.05, 0.1) is 0 Å². The van der Waals surface area contributed by atoms with Crippen molar-refractivity contribution in [1.29, 1.82) is 0 Å². The molecule has 0 bridgehead atoms. The van der Waals surface area contributed by atoms with Crippen molar-refractivity contribution in [2.24, 2.45) is 0 Å². The minimum absolute atomic E-state index is 0.896. The third-order valence-electron chi connectivity index (χ3n) is 1.03. The Labute approximate surface area is 48.4 Å². The number of hydrogen-bond acceptors (Lipinski definition) is 3. The summed E-state index contributed by atoms with van der Waals surface area (Å²) in [6.45, 7) is 3.79.